The van der Waals surface area contributed by atoms with Crippen LogP contribution < -0.4 is 10.6 Å². The minimum Gasteiger partial charge on any atom is -0.343 e. The number of fused-ring (bicyclic) bond motifs is 1. The molecule has 8 heteroatoms. The highest BCUT2D eigenvalue weighted by Gasteiger charge is 2.12. The van der Waals surface area contributed by atoms with Crippen LogP contribution in [0.5, 0.6) is 0 Å². The molecule has 2 aromatic heterocycles. The van der Waals surface area contributed by atoms with Crippen LogP contribution in [0.4, 0.5) is 5.69 Å². The molecule has 0 saturated heterocycles. The highest BCUT2D eigenvalue weighted by Crippen LogP contribution is 2.22. The summed E-state index contributed by atoms with van der Waals surface area (Å²) >= 11 is 11.8. The maximum atomic E-state index is 12.2. The highest BCUT2D eigenvalue weighted by molar-refractivity contribution is 6.36. The molecule has 4 aromatic rings. The second-order valence-corrected chi connectivity index (χ2v) is 7.37. The lowest BCUT2D eigenvalue weighted by Gasteiger charge is -2.08. The number of amides is 2. The van der Waals surface area contributed by atoms with E-state index >= 15 is 0 Å². The zero-order chi connectivity index (χ0) is 21.1. The third kappa shape index (κ3) is 4.45. The second-order valence-electron chi connectivity index (χ2n) is 6.52. The number of nitrogens with one attached hydrogen (secondary N) is 2. The molecule has 0 unspecified atom stereocenters. The van der Waals surface area contributed by atoms with E-state index in [1.165, 1.54) is 12.1 Å². The molecule has 2 aromatic carbocycles. The van der Waals surface area contributed by atoms with Gasteiger partial charge in [-0.3, -0.25) is 9.59 Å². The van der Waals surface area contributed by atoms with E-state index in [2.05, 4.69) is 15.6 Å². The smallest absolute Gasteiger partial charge is 0.253 e. The van der Waals surface area contributed by atoms with Crippen molar-refractivity contribution in [2.45, 2.75) is 0 Å². The molecule has 0 aliphatic rings. The number of halogens is 2. The van der Waals surface area contributed by atoms with E-state index in [1.807, 2.05) is 47.1 Å². The van der Waals surface area contributed by atoms with Crippen LogP contribution in [0.1, 0.15) is 10.4 Å². The van der Waals surface area contributed by atoms with Crippen molar-refractivity contribution >= 4 is 46.4 Å². The number of pyridine rings is 1. The molecule has 0 radical (unpaired) electrons. The average molecular weight is 439 g/mol. The van der Waals surface area contributed by atoms with Crippen LogP contribution in [0.3, 0.4) is 0 Å². The van der Waals surface area contributed by atoms with E-state index in [0.29, 0.717) is 10.7 Å². The lowest BCUT2D eigenvalue weighted by Crippen LogP contribution is -2.33. The minimum absolute atomic E-state index is 0.189. The molecule has 6 nitrogen and oxygen atoms in total. The summed E-state index contributed by atoms with van der Waals surface area (Å²) in [5.41, 5.74) is 3.51. The Morgan fingerprint density at radius 2 is 1.80 bits per heavy atom. The topological polar surface area (TPSA) is 75.5 Å². The molecule has 2 N–H and O–H groups in total. The number of benzene rings is 2. The van der Waals surface area contributed by atoms with Gasteiger partial charge in [0.1, 0.15) is 5.65 Å². The molecule has 0 atom stereocenters. The lowest BCUT2D eigenvalue weighted by atomic mass is 10.1. The fourth-order valence-corrected chi connectivity index (χ4v) is 3.43. The Kier molecular flexibility index (Phi) is 5.70. The van der Waals surface area contributed by atoms with Crippen molar-refractivity contribution < 1.29 is 9.59 Å². The number of nitrogens with zero attached hydrogens (tertiary/aromatic N) is 2. The van der Waals surface area contributed by atoms with Crippen LogP contribution in [0.25, 0.3) is 16.9 Å². The largest absolute Gasteiger partial charge is 0.343 e. The number of rotatable bonds is 5. The van der Waals surface area contributed by atoms with Gasteiger partial charge in [-0.1, -0.05) is 41.4 Å². The Morgan fingerprint density at radius 3 is 2.53 bits per heavy atom. The van der Waals surface area contributed by atoms with Gasteiger partial charge < -0.3 is 15.0 Å². The van der Waals surface area contributed by atoms with Crippen LogP contribution in [0.15, 0.2) is 73.1 Å². The molecule has 4 rings (SSSR count). The van der Waals surface area contributed by atoms with E-state index in [9.17, 15) is 9.59 Å². The van der Waals surface area contributed by atoms with E-state index in [0.717, 1.165) is 16.9 Å². The number of carbonyl (C=O) groups is 2. The zero-order valence-corrected chi connectivity index (χ0v) is 17.1. The van der Waals surface area contributed by atoms with E-state index in [4.69, 9.17) is 23.2 Å². The average Bonchev–Trinajstić information content (AvgIpc) is 3.17. The minimum atomic E-state index is -0.450. The number of carbonyl (C=O) groups excluding carboxylic acids is 2. The maximum absolute atomic E-state index is 12.2. The third-order valence-corrected chi connectivity index (χ3v) is 4.96. The Bertz CT molecular complexity index is 1200. The van der Waals surface area contributed by atoms with Crippen molar-refractivity contribution in [3.05, 3.63) is 88.7 Å². The molecular weight excluding hydrogens is 423 g/mol. The first kappa shape index (κ1) is 19.9. The van der Waals surface area contributed by atoms with E-state index in [1.54, 1.807) is 18.2 Å². The summed E-state index contributed by atoms with van der Waals surface area (Å²) in [6, 6.07) is 17.7. The highest BCUT2D eigenvalue weighted by atomic mass is 35.5. The fourth-order valence-electron chi connectivity index (χ4n) is 2.93. The Labute approximate surface area is 182 Å². The standard InChI is InChI=1S/C22H16Cl2N4O2/c23-15-6-9-17(18(24)11-15)22(30)25-12-21(29)26-16-7-4-14(5-8-16)19-13-28-10-2-1-3-20(28)27-19/h1-11,13H,12H2,(H,25,30)(H,26,29). The predicted molar refractivity (Wildman–Crippen MR) is 118 cm³/mol. The van der Waals surface area contributed by atoms with Gasteiger partial charge in [0, 0.05) is 28.7 Å². The zero-order valence-electron chi connectivity index (χ0n) is 15.6. The first-order valence-corrected chi connectivity index (χ1v) is 9.82. The summed E-state index contributed by atoms with van der Waals surface area (Å²) in [6.07, 6.45) is 3.88. The SMILES string of the molecule is O=C(CNC(=O)c1ccc(Cl)cc1Cl)Nc1ccc(-c2cn3ccccc3n2)cc1. The van der Waals surface area contributed by atoms with Gasteiger partial charge >= 0.3 is 0 Å². The van der Waals surface area contributed by atoms with Gasteiger partial charge in [-0.15, -0.1) is 0 Å². The number of hydrogen-bond donors (Lipinski definition) is 2. The quantitative estimate of drug-likeness (QED) is 0.474. The van der Waals surface area contributed by atoms with Gasteiger partial charge in [0.15, 0.2) is 0 Å². The van der Waals surface area contributed by atoms with Gasteiger partial charge in [-0.2, -0.15) is 0 Å². The van der Waals surface area contributed by atoms with Crippen molar-refractivity contribution in [1.82, 2.24) is 14.7 Å². The summed E-state index contributed by atoms with van der Waals surface area (Å²) in [7, 11) is 0. The number of aromatic nitrogens is 2. The Morgan fingerprint density at radius 1 is 1.00 bits per heavy atom. The second kappa shape index (κ2) is 8.57. The van der Waals surface area contributed by atoms with Crippen molar-refractivity contribution in [2.24, 2.45) is 0 Å². The van der Waals surface area contributed by atoms with Crippen LogP contribution in [-0.2, 0) is 4.79 Å². The Hall–Kier alpha value is -3.35. The molecule has 0 saturated carbocycles. The summed E-state index contributed by atoms with van der Waals surface area (Å²) in [6.45, 7) is -0.189. The maximum Gasteiger partial charge on any atom is 0.253 e. The van der Waals surface area contributed by atoms with Gasteiger partial charge in [0.2, 0.25) is 5.91 Å². The van der Waals surface area contributed by atoms with Gasteiger partial charge in [-0.05, 0) is 42.5 Å². The fraction of sp³-hybridized carbons (Fsp3) is 0.0455. The lowest BCUT2D eigenvalue weighted by molar-refractivity contribution is -0.115. The molecule has 150 valence electrons. The van der Waals surface area contributed by atoms with Crippen LogP contribution in [0.2, 0.25) is 10.0 Å². The van der Waals surface area contributed by atoms with Crippen molar-refractivity contribution in [1.29, 1.82) is 0 Å². The molecule has 30 heavy (non-hydrogen) atoms. The van der Waals surface area contributed by atoms with Crippen molar-refractivity contribution in [3.8, 4) is 11.3 Å². The molecule has 0 fully saturated rings. The number of hydrogen-bond acceptors (Lipinski definition) is 3. The van der Waals surface area contributed by atoms with Gasteiger partial charge in [0.05, 0.1) is 22.8 Å². The van der Waals surface area contributed by atoms with Crippen LogP contribution in [0, 0.1) is 0 Å². The molecule has 2 amide bonds. The molecule has 0 bridgehead atoms. The first-order chi connectivity index (χ1) is 14.5. The Balaban J connectivity index is 1.36. The first-order valence-electron chi connectivity index (χ1n) is 9.07. The summed E-state index contributed by atoms with van der Waals surface area (Å²) in [5, 5.41) is 5.94. The molecule has 0 aliphatic heterocycles. The van der Waals surface area contributed by atoms with Gasteiger partial charge in [-0.25, -0.2) is 4.98 Å². The number of anilines is 1. The monoisotopic (exact) mass is 438 g/mol. The summed E-state index contributed by atoms with van der Waals surface area (Å²) in [5.74, 6) is -0.803. The molecular formula is C22H16Cl2N4O2. The van der Waals surface area contributed by atoms with Crippen molar-refractivity contribution in [3.63, 3.8) is 0 Å². The number of imidazole rings is 1. The normalized spacial score (nSPS) is 10.7. The third-order valence-electron chi connectivity index (χ3n) is 4.41. The molecule has 0 spiro atoms. The van der Waals surface area contributed by atoms with Crippen molar-refractivity contribution in [2.75, 3.05) is 11.9 Å². The van der Waals surface area contributed by atoms with Crippen LogP contribution in [-0.4, -0.2) is 27.7 Å². The summed E-state index contributed by atoms with van der Waals surface area (Å²) in [4.78, 5) is 28.9. The van der Waals surface area contributed by atoms with Crippen LogP contribution >= 0.6 is 23.2 Å². The summed E-state index contributed by atoms with van der Waals surface area (Å²) < 4.78 is 1.95. The van der Waals surface area contributed by atoms with Gasteiger partial charge in [0.25, 0.3) is 5.91 Å². The molecule has 2 heterocycles. The molecule has 0 aliphatic carbocycles. The van der Waals surface area contributed by atoms with E-state index < -0.39 is 5.91 Å². The van der Waals surface area contributed by atoms with E-state index in [-0.39, 0.29) is 23.0 Å². The predicted octanol–water partition coefficient (Wildman–Crippen LogP) is 4.68.